The number of nitrogens with one attached hydrogen (secondary N) is 1. The zero-order valence-corrected chi connectivity index (χ0v) is 21.9. The lowest BCUT2D eigenvalue weighted by atomic mass is 10.1. The van der Waals surface area contributed by atoms with Crippen molar-refractivity contribution in [1.29, 1.82) is 0 Å². The van der Waals surface area contributed by atoms with Crippen molar-refractivity contribution in [3.05, 3.63) is 0 Å². The third-order valence-corrected chi connectivity index (χ3v) is 6.10. The minimum absolute atomic E-state index is 0.0749. The van der Waals surface area contributed by atoms with Crippen molar-refractivity contribution in [3.8, 4) is 0 Å². The number of amides is 1. The van der Waals surface area contributed by atoms with E-state index in [1.807, 2.05) is 0 Å². The summed E-state index contributed by atoms with van der Waals surface area (Å²) < 4.78 is 21.2. The van der Waals surface area contributed by atoms with Crippen molar-refractivity contribution in [2.24, 2.45) is 0 Å². The third kappa shape index (κ3) is 25.4. The van der Waals surface area contributed by atoms with Gasteiger partial charge in [-0.05, 0) is 32.1 Å². The summed E-state index contributed by atoms with van der Waals surface area (Å²) in [4.78, 5) is 23.5. The molecule has 0 aliphatic heterocycles. The Morgan fingerprint density at radius 2 is 1.22 bits per heavy atom. The van der Waals surface area contributed by atoms with Gasteiger partial charge in [0.15, 0.2) is 8.03 Å². The van der Waals surface area contributed by atoms with Crippen molar-refractivity contribution >= 4 is 19.9 Å². The second-order valence-electron chi connectivity index (χ2n) is 8.71. The van der Waals surface area contributed by atoms with Crippen LogP contribution in [0.5, 0.6) is 0 Å². The summed E-state index contributed by atoms with van der Waals surface area (Å²) in [5.74, 6) is -0.0202. The number of rotatable bonds is 24. The van der Waals surface area contributed by atoms with Gasteiger partial charge in [0.2, 0.25) is 5.91 Å². The van der Waals surface area contributed by atoms with Crippen molar-refractivity contribution in [2.45, 2.75) is 122 Å². The molecule has 0 aromatic rings. The first kappa shape index (κ1) is 31.1. The lowest BCUT2D eigenvalue weighted by Crippen LogP contribution is -2.24. The molecule has 0 rings (SSSR count). The molecule has 190 valence electrons. The number of hydrogen-bond acceptors (Lipinski definition) is 5. The van der Waals surface area contributed by atoms with Gasteiger partial charge in [0.25, 0.3) is 0 Å². The molecule has 1 unspecified atom stereocenters. The fraction of sp³-hybridized carbons (Fsp3) is 0.920. The second kappa shape index (κ2) is 24.8. The molecule has 1 amide bonds. The van der Waals surface area contributed by atoms with Gasteiger partial charge in [0.1, 0.15) is 0 Å². The zero-order chi connectivity index (χ0) is 23.7. The Labute approximate surface area is 197 Å². The normalized spacial score (nSPS) is 11.9. The molecular weight excluding hydrogens is 425 g/mol. The zero-order valence-electron chi connectivity index (χ0n) is 20.9. The van der Waals surface area contributed by atoms with E-state index >= 15 is 0 Å². The van der Waals surface area contributed by atoms with E-state index in [2.05, 4.69) is 12.2 Å². The molecule has 0 aromatic carbocycles. The number of ether oxygens (including phenoxy) is 1. The Kier molecular flexibility index (Phi) is 24.1. The average molecular weight is 476 g/mol. The number of carbonyl (C=O) groups excluding carboxylic acids is 2. The summed E-state index contributed by atoms with van der Waals surface area (Å²) in [6.07, 6.45) is 19.0. The number of unbranched alkanes of at least 4 members (excludes halogenated alkanes) is 13. The lowest BCUT2D eigenvalue weighted by Gasteiger charge is -2.06. The van der Waals surface area contributed by atoms with Crippen LogP contribution in [0.15, 0.2) is 0 Å². The summed E-state index contributed by atoms with van der Waals surface area (Å²) in [7, 11) is -1.83. The molecule has 0 aliphatic rings. The highest BCUT2D eigenvalue weighted by atomic mass is 31.1. The molecule has 7 heteroatoms. The van der Waals surface area contributed by atoms with Crippen LogP contribution >= 0.6 is 8.03 Å². The van der Waals surface area contributed by atoms with E-state index in [0.29, 0.717) is 32.6 Å². The maximum absolute atomic E-state index is 11.8. The summed E-state index contributed by atoms with van der Waals surface area (Å²) in [5.41, 5.74) is 0. The lowest BCUT2D eigenvalue weighted by molar-refractivity contribution is -0.143. The molecular formula is C25H50NO5P. The molecule has 0 radical (unpaired) electrons. The number of hydrogen-bond donors (Lipinski definition) is 1. The van der Waals surface area contributed by atoms with Crippen LogP contribution in [0.3, 0.4) is 0 Å². The van der Waals surface area contributed by atoms with Gasteiger partial charge in [-0.2, -0.15) is 0 Å². The van der Waals surface area contributed by atoms with Crippen LogP contribution in [0.2, 0.25) is 0 Å². The molecule has 0 saturated heterocycles. The average Bonchev–Trinajstić information content (AvgIpc) is 2.76. The highest BCUT2D eigenvalue weighted by molar-refractivity contribution is 7.38. The number of esters is 1. The SMILES string of the molecule is CCCCCCCCCCCCOC(=O)CCCCCNC(=O)CCCCCO[PH](C)=O. The largest absolute Gasteiger partial charge is 0.466 e. The molecule has 0 aliphatic carbocycles. The van der Waals surface area contributed by atoms with E-state index < -0.39 is 8.03 Å². The van der Waals surface area contributed by atoms with Gasteiger partial charge in [-0.15, -0.1) is 0 Å². The summed E-state index contributed by atoms with van der Waals surface area (Å²) in [6.45, 7) is 5.55. The summed E-state index contributed by atoms with van der Waals surface area (Å²) >= 11 is 0. The van der Waals surface area contributed by atoms with Crippen molar-refractivity contribution < 1.29 is 23.4 Å². The van der Waals surface area contributed by atoms with Gasteiger partial charge in [-0.3, -0.25) is 14.2 Å². The first-order valence-electron chi connectivity index (χ1n) is 13.1. The predicted molar refractivity (Wildman–Crippen MR) is 134 cm³/mol. The predicted octanol–water partition coefficient (Wildman–Crippen LogP) is 6.81. The van der Waals surface area contributed by atoms with Crippen LogP contribution in [-0.2, 0) is 23.4 Å². The molecule has 1 N–H and O–H groups in total. The van der Waals surface area contributed by atoms with E-state index in [-0.39, 0.29) is 11.9 Å². The quantitative estimate of drug-likeness (QED) is 0.0942. The van der Waals surface area contributed by atoms with Gasteiger partial charge in [-0.25, -0.2) is 0 Å². The van der Waals surface area contributed by atoms with Crippen molar-refractivity contribution in [2.75, 3.05) is 26.4 Å². The molecule has 1 atom stereocenters. The highest BCUT2D eigenvalue weighted by Crippen LogP contribution is 2.16. The van der Waals surface area contributed by atoms with E-state index in [9.17, 15) is 14.2 Å². The third-order valence-electron chi connectivity index (χ3n) is 5.49. The Bertz CT molecular complexity index is 473. The van der Waals surface area contributed by atoms with Crippen LogP contribution in [0.1, 0.15) is 122 Å². The Morgan fingerprint density at radius 3 is 1.88 bits per heavy atom. The molecule has 0 aromatic heterocycles. The second-order valence-corrected chi connectivity index (χ2v) is 9.99. The van der Waals surface area contributed by atoms with E-state index in [1.165, 1.54) is 51.4 Å². The molecule has 32 heavy (non-hydrogen) atoms. The van der Waals surface area contributed by atoms with E-state index in [1.54, 1.807) is 6.66 Å². The van der Waals surface area contributed by atoms with E-state index in [0.717, 1.165) is 51.4 Å². The molecule has 0 fully saturated rings. The molecule has 0 spiro atoms. The van der Waals surface area contributed by atoms with Crippen molar-refractivity contribution in [3.63, 3.8) is 0 Å². The molecule has 0 heterocycles. The Balaban J connectivity index is 3.29. The van der Waals surface area contributed by atoms with Crippen LogP contribution in [-0.4, -0.2) is 38.3 Å². The maximum Gasteiger partial charge on any atom is 0.305 e. The van der Waals surface area contributed by atoms with Crippen LogP contribution in [0, 0.1) is 0 Å². The highest BCUT2D eigenvalue weighted by Gasteiger charge is 2.04. The summed E-state index contributed by atoms with van der Waals surface area (Å²) in [5, 5.41) is 2.92. The topological polar surface area (TPSA) is 81.7 Å². The minimum atomic E-state index is -1.83. The smallest absolute Gasteiger partial charge is 0.305 e. The fourth-order valence-corrected chi connectivity index (χ4v) is 3.95. The molecule has 6 nitrogen and oxygen atoms in total. The van der Waals surface area contributed by atoms with E-state index in [4.69, 9.17) is 9.26 Å². The van der Waals surface area contributed by atoms with Gasteiger partial charge in [0.05, 0.1) is 13.2 Å². The van der Waals surface area contributed by atoms with Crippen LogP contribution in [0.25, 0.3) is 0 Å². The standard InChI is InChI=1S/C25H50NO5P/c1-3-4-5-6-7-8-9-10-11-17-22-30-25(28)20-15-12-16-21-26-24(27)19-14-13-18-23-31-32(2)29/h32H,3-23H2,1-2H3,(H,26,27). The van der Waals surface area contributed by atoms with Crippen molar-refractivity contribution in [1.82, 2.24) is 5.32 Å². The first-order valence-corrected chi connectivity index (χ1v) is 14.9. The van der Waals surface area contributed by atoms with Gasteiger partial charge in [-0.1, -0.05) is 77.6 Å². The first-order chi connectivity index (χ1) is 15.6. The molecule has 0 saturated carbocycles. The minimum Gasteiger partial charge on any atom is -0.466 e. The summed E-state index contributed by atoms with van der Waals surface area (Å²) in [6, 6.07) is 0. The Morgan fingerprint density at radius 1 is 0.688 bits per heavy atom. The number of carbonyl (C=O) groups is 2. The monoisotopic (exact) mass is 475 g/mol. The van der Waals surface area contributed by atoms with Gasteiger partial charge < -0.3 is 14.6 Å². The van der Waals surface area contributed by atoms with Gasteiger partial charge >= 0.3 is 5.97 Å². The van der Waals surface area contributed by atoms with Crippen LogP contribution in [0.4, 0.5) is 0 Å². The fourth-order valence-electron chi connectivity index (χ4n) is 3.52. The maximum atomic E-state index is 11.8. The van der Waals surface area contributed by atoms with Gasteiger partial charge in [0, 0.05) is 26.1 Å². The molecule has 0 bridgehead atoms. The Hall–Kier alpha value is -0.870. The van der Waals surface area contributed by atoms with Crippen LogP contribution < -0.4 is 5.32 Å².